The molecule has 0 aliphatic carbocycles. The number of para-hydroxylation sites is 1. The minimum Gasteiger partial charge on any atom is -0.382 e. The molecule has 0 radical (unpaired) electrons. The predicted molar refractivity (Wildman–Crippen MR) is 106 cm³/mol. The van der Waals surface area contributed by atoms with E-state index in [1.807, 2.05) is 40.5 Å². The monoisotopic (exact) mass is 370 g/mol. The Hall–Kier alpha value is -1.85. The van der Waals surface area contributed by atoms with Crippen LogP contribution in [0.4, 0.5) is 5.69 Å². The summed E-state index contributed by atoms with van der Waals surface area (Å²) in [6, 6.07) is 10.3. The normalized spacial score (nSPS) is 18.8. The zero-order valence-electron chi connectivity index (χ0n) is 15.5. The molecule has 1 amide bonds. The van der Waals surface area contributed by atoms with Gasteiger partial charge < -0.3 is 15.0 Å². The van der Waals surface area contributed by atoms with Gasteiger partial charge in [0.05, 0.1) is 12.2 Å². The number of piperidine rings is 1. The number of fused-ring (bicyclic) bond motifs is 2. The average molecular weight is 371 g/mol. The molecule has 5 heteroatoms. The van der Waals surface area contributed by atoms with Gasteiger partial charge in [-0.25, -0.2) is 0 Å². The van der Waals surface area contributed by atoms with E-state index in [0.717, 1.165) is 50.2 Å². The quantitative estimate of drug-likeness (QED) is 0.877. The molecule has 4 nitrogen and oxygen atoms in total. The highest BCUT2D eigenvalue weighted by Crippen LogP contribution is 2.44. The first-order valence-corrected chi connectivity index (χ1v) is 10.3. The number of carbonyl (C=O) groups is 1. The Morgan fingerprint density at radius 3 is 2.77 bits per heavy atom. The Kier molecular flexibility index (Phi) is 4.76. The molecule has 0 saturated carbocycles. The summed E-state index contributed by atoms with van der Waals surface area (Å²) in [4.78, 5) is 16.5. The highest BCUT2D eigenvalue weighted by atomic mass is 32.1. The van der Waals surface area contributed by atoms with Crippen molar-refractivity contribution in [1.29, 1.82) is 0 Å². The number of benzene rings is 1. The van der Waals surface area contributed by atoms with Crippen LogP contribution >= 0.6 is 11.3 Å². The van der Waals surface area contributed by atoms with E-state index >= 15 is 0 Å². The lowest BCUT2D eigenvalue weighted by atomic mass is 9.85. The molecule has 3 heterocycles. The molecule has 2 aliphatic heterocycles. The molecule has 0 unspecified atom stereocenters. The number of hydrogen-bond donors (Lipinski definition) is 1. The number of thiophene rings is 1. The second kappa shape index (κ2) is 7.05. The van der Waals surface area contributed by atoms with E-state index in [-0.39, 0.29) is 11.5 Å². The largest absolute Gasteiger partial charge is 0.382 e. The lowest BCUT2D eigenvalue weighted by Gasteiger charge is -2.43. The number of likely N-dealkylation sites (tertiary alicyclic amines) is 1. The number of rotatable bonds is 3. The van der Waals surface area contributed by atoms with Gasteiger partial charge in [0, 0.05) is 29.7 Å². The van der Waals surface area contributed by atoms with Crippen molar-refractivity contribution in [3.63, 3.8) is 0 Å². The minimum atomic E-state index is -0.172. The number of nitrogens with one attached hydrogen (secondary N) is 1. The van der Waals surface area contributed by atoms with Gasteiger partial charge in [-0.15, -0.1) is 11.3 Å². The van der Waals surface area contributed by atoms with Crippen molar-refractivity contribution < 1.29 is 9.53 Å². The second-order valence-corrected chi connectivity index (χ2v) is 8.42. The van der Waals surface area contributed by atoms with Gasteiger partial charge in [-0.2, -0.15) is 0 Å². The Morgan fingerprint density at radius 2 is 2.00 bits per heavy atom. The summed E-state index contributed by atoms with van der Waals surface area (Å²) in [5.74, 6) is 0.116. The number of anilines is 1. The molecule has 1 aromatic carbocycles. The van der Waals surface area contributed by atoms with Gasteiger partial charge in [0.15, 0.2) is 0 Å². The van der Waals surface area contributed by atoms with Gasteiger partial charge in [-0.3, -0.25) is 4.79 Å². The number of carbonyl (C=O) groups excluding carboxylic acids is 1. The summed E-state index contributed by atoms with van der Waals surface area (Å²) in [5, 5.41) is 5.56. The van der Waals surface area contributed by atoms with Crippen LogP contribution in [0.1, 0.15) is 47.5 Å². The van der Waals surface area contributed by atoms with E-state index in [0.29, 0.717) is 6.04 Å². The Balaban J connectivity index is 1.50. The molecule has 2 aliphatic rings. The van der Waals surface area contributed by atoms with Gasteiger partial charge in [0.1, 0.15) is 5.60 Å². The first kappa shape index (κ1) is 17.6. The van der Waals surface area contributed by atoms with Crippen LogP contribution in [0.15, 0.2) is 35.7 Å². The van der Waals surface area contributed by atoms with Crippen molar-refractivity contribution in [3.05, 3.63) is 51.7 Å². The van der Waals surface area contributed by atoms with E-state index in [1.165, 1.54) is 10.4 Å². The van der Waals surface area contributed by atoms with Crippen LogP contribution in [-0.4, -0.2) is 36.5 Å². The Bertz CT molecular complexity index is 791. The number of hydrogen-bond acceptors (Lipinski definition) is 4. The maximum absolute atomic E-state index is 13.1. The van der Waals surface area contributed by atoms with Crippen LogP contribution in [0.25, 0.3) is 0 Å². The lowest BCUT2D eigenvalue weighted by molar-refractivity contribution is -0.0906. The van der Waals surface area contributed by atoms with E-state index in [2.05, 4.69) is 30.6 Å². The van der Waals surface area contributed by atoms with Crippen LogP contribution in [-0.2, 0) is 16.8 Å². The highest BCUT2D eigenvalue weighted by Gasteiger charge is 2.42. The molecule has 0 atom stereocenters. The molecule has 26 heavy (non-hydrogen) atoms. The van der Waals surface area contributed by atoms with Crippen LogP contribution in [0, 0.1) is 0 Å². The molecule has 0 bridgehead atoms. The fourth-order valence-electron chi connectivity index (χ4n) is 4.07. The molecule has 1 aromatic heterocycles. The molecule has 1 spiro atoms. The van der Waals surface area contributed by atoms with E-state index in [9.17, 15) is 4.79 Å². The third kappa shape index (κ3) is 3.14. The first-order valence-electron chi connectivity index (χ1n) is 9.45. The smallest absolute Gasteiger partial charge is 0.255 e. The van der Waals surface area contributed by atoms with Gasteiger partial charge in [-0.1, -0.05) is 12.1 Å². The summed E-state index contributed by atoms with van der Waals surface area (Å²) in [6.45, 7) is 6.45. The molecular formula is C21H26N2O2S. The number of amides is 1. The fraction of sp³-hybridized carbons (Fsp3) is 0.476. The van der Waals surface area contributed by atoms with E-state index < -0.39 is 0 Å². The van der Waals surface area contributed by atoms with Gasteiger partial charge in [0.25, 0.3) is 5.91 Å². The van der Waals surface area contributed by atoms with E-state index in [4.69, 9.17) is 4.74 Å². The summed E-state index contributed by atoms with van der Waals surface area (Å²) in [6.07, 6.45) is 2.77. The molecule has 1 saturated heterocycles. The summed E-state index contributed by atoms with van der Waals surface area (Å²) < 4.78 is 6.26. The third-order valence-electron chi connectivity index (χ3n) is 5.37. The van der Waals surface area contributed by atoms with Crippen molar-refractivity contribution in [2.75, 3.05) is 25.0 Å². The second-order valence-electron chi connectivity index (χ2n) is 7.50. The van der Waals surface area contributed by atoms with Crippen molar-refractivity contribution in [3.8, 4) is 0 Å². The van der Waals surface area contributed by atoms with Gasteiger partial charge in [-0.05, 0) is 62.3 Å². The zero-order chi connectivity index (χ0) is 18.1. The highest BCUT2D eigenvalue weighted by molar-refractivity contribution is 7.10. The van der Waals surface area contributed by atoms with Crippen molar-refractivity contribution in [2.24, 2.45) is 0 Å². The van der Waals surface area contributed by atoms with Gasteiger partial charge >= 0.3 is 0 Å². The summed E-state index contributed by atoms with van der Waals surface area (Å²) in [7, 11) is 0. The van der Waals surface area contributed by atoms with Gasteiger partial charge in [0.2, 0.25) is 0 Å². The molecule has 2 aromatic rings. The topological polar surface area (TPSA) is 41.6 Å². The maximum Gasteiger partial charge on any atom is 0.255 e. The lowest BCUT2D eigenvalue weighted by Crippen LogP contribution is -2.48. The minimum absolute atomic E-state index is 0.116. The first-order chi connectivity index (χ1) is 12.6. The number of nitrogens with zero attached hydrogens (tertiary/aromatic N) is 1. The maximum atomic E-state index is 13.1. The molecule has 1 fully saturated rings. The summed E-state index contributed by atoms with van der Waals surface area (Å²) in [5.41, 5.74) is 2.95. The SMILES string of the molecule is CC(C)Nc1ccccc1C(=O)N1CCC2(CC1)OCCc1ccsc12. The third-order valence-corrected chi connectivity index (χ3v) is 6.51. The van der Waals surface area contributed by atoms with Crippen LogP contribution in [0.3, 0.4) is 0 Å². The Labute approximate surface area is 159 Å². The van der Waals surface area contributed by atoms with Crippen molar-refractivity contribution in [2.45, 2.75) is 44.8 Å². The Morgan fingerprint density at radius 1 is 1.23 bits per heavy atom. The molecule has 138 valence electrons. The average Bonchev–Trinajstić information content (AvgIpc) is 3.12. The van der Waals surface area contributed by atoms with E-state index in [1.54, 1.807) is 0 Å². The standard InChI is InChI=1S/C21H26N2O2S/c1-15(2)22-18-6-4-3-5-17(18)20(24)23-11-9-21(10-12-23)19-16(7-13-25-21)8-14-26-19/h3-6,8,14-15,22H,7,9-13H2,1-2H3. The predicted octanol–water partition coefficient (Wildman–Crippen LogP) is 4.27. The molecular weight excluding hydrogens is 344 g/mol. The van der Waals surface area contributed by atoms with Crippen LogP contribution in [0.5, 0.6) is 0 Å². The fourth-order valence-corrected chi connectivity index (χ4v) is 5.24. The summed E-state index contributed by atoms with van der Waals surface area (Å²) >= 11 is 1.81. The molecule has 1 N–H and O–H groups in total. The van der Waals surface area contributed by atoms with Crippen LogP contribution in [0.2, 0.25) is 0 Å². The number of ether oxygens (including phenoxy) is 1. The molecule has 4 rings (SSSR count). The zero-order valence-corrected chi connectivity index (χ0v) is 16.3. The van der Waals surface area contributed by atoms with Crippen LogP contribution < -0.4 is 5.32 Å². The van der Waals surface area contributed by atoms with Crippen molar-refractivity contribution in [1.82, 2.24) is 4.90 Å². The van der Waals surface area contributed by atoms with Crippen molar-refractivity contribution >= 4 is 22.9 Å².